The zero-order chi connectivity index (χ0) is 14.4. The summed E-state index contributed by atoms with van der Waals surface area (Å²) in [5.74, 6) is 1.68. The summed E-state index contributed by atoms with van der Waals surface area (Å²) in [6.07, 6.45) is 4.10. The summed E-state index contributed by atoms with van der Waals surface area (Å²) < 4.78 is 2.20. The summed E-state index contributed by atoms with van der Waals surface area (Å²) in [5, 5.41) is 0.627. The molecular weight excluding hydrogens is 284 g/mol. The first-order valence-electron chi connectivity index (χ1n) is 7.07. The molecule has 4 rings (SSSR count). The van der Waals surface area contributed by atoms with E-state index >= 15 is 0 Å². The maximum atomic E-state index is 6.03. The summed E-state index contributed by atoms with van der Waals surface area (Å²) in [4.78, 5) is 9.21. The summed E-state index contributed by atoms with van der Waals surface area (Å²) >= 11 is 6.03. The van der Waals surface area contributed by atoms with Crippen LogP contribution in [0, 0.1) is 0 Å². The molecule has 0 aliphatic heterocycles. The maximum absolute atomic E-state index is 6.03. The summed E-state index contributed by atoms with van der Waals surface area (Å²) in [5.41, 5.74) is 9.50. The van der Waals surface area contributed by atoms with Crippen LogP contribution in [0.25, 0.3) is 11.2 Å². The molecule has 4 nitrogen and oxygen atoms in total. The highest BCUT2D eigenvalue weighted by Crippen LogP contribution is 2.40. The number of nitrogens with zero attached hydrogens (tertiary/aromatic N) is 3. The highest BCUT2D eigenvalue weighted by Gasteiger charge is 2.30. The van der Waals surface area contributed by atoms with Gasteiger partial charge in [0.1, 0.15) is 11.3 Å². The van der Waals surface area contributed by atoms with Gasteiger partial charge in [0.25, 0.3) is 0 Å². The topological polar surface area (TPSA) is 56.7 Å². The fourth-order valence-electron chi connectivity index (χ4n) is 2.62. The van der Waals surface area contributed by atoms with Gasteiger partial charge in [-0.3, -0.25) is 0 Å². The molecule has 106 valence electrons. The number of fused-ring (bicyclic) bond motifs is 1. The van der Waals surface area contributed by atoms with Crippen LogP contribution in [0.2, 0.25) is 5.02 Å². The molecule has 1 fully saturated rings. The molecule has 2 heterocycles. The molecule has 0 radical (unpaired) electrons. The molecule has 1 aliphatic rings. The van der Waals surface area contributed by atoms with Crippen molar-refractivity contribution in [1.82, 2.24) is 14.5 Å². The van der Waals surface area contributed by atoms with Crippen molar-refractivity contribution >= 4 is 28.5 Å². The van der Waals surface area contributed by atoms with Gasteiger partial charge in [-0.15, -0.1) is 0 Å². The van der Waals surface area contributed by atoms with Crippen LogP contribution in [0.4, 0.5) is 5.69 Å². The predicted octanol–water partition coefficient (Wildman–Crippen LogP) is 3.59. The first-order valence-corrected chi connectivity index (χ1v) is 7.44. The van der Waals surface area contributed by atoms with E-state index in [0.717, 1.165) is 29.2 Å². The highest BCUT2D eigenvalue weighted by molar-refractivity contribution is 6.31. The summed E-state index contributed by atoms with van der Waals surface area (Å²) in [6.45, 7) is 0.761. The third-order valence-corrected chi connectivity index (χ3v) is 4.05. The minimum absolute atomic E-state index is 0.562. The molecule has 0 bridgehead atoms. The number of anilines is 1. The smallest absolute Gasteiger partial charge is 0.160 e. The minimum Gasteiger partial charge on any atom is -0.399 e. The first kappa shape index (κ1) is 12.7. The number of hydrogen-bond acceptors (Lipinski definition) is 3. The van der Waals surface area contributed by atoms with Gasteiger partial charge in [-0.05, 0) is 36.6 Å². The lowest BCUT2D eigenvalue weighted by Crippen LogP contribution is -2.05. The van der Waals surface area contributed by atoms with E-state index in [4.69, 9.17) is 22.3 Å². The van der Waals surface area contributed by atoms with E-state index in [-0.39, 0.29) is 0 Å². The van der Waals surface area contributed by atoms with Crippen molar-refractivity contribution in [3.8, 4) is 0 Å². The van der Waals surface area contributed by atoms with Crippen LogP contribution in [0.3, 0.4) is 0 Å². The standard InChI is InChI=1S/C16H15ClN4/c17-12-7-14-16(19-8-12)21(15(20-14)11-3-4-11)9-10-1-5-13(18)6-2-10/h1-2,5-8,11H,3-4,9,18H2. The zero-order valence-electron chi connectivity index (χ0n) is 11.5. The molecular formula is C16H15ClN4. The monoisotopic (exact) mass is 298 g/mol. The van der Waals surface area contributed by atoms with Gasteiger partial charge in [-0.25, -0.2) is 9.97 Å². The number of benzene rings is 1. The van der Waals surface area contributed by atoms with E-state index in [2.05, 4.69) is 9.55 Å². The average molecular weight is 299 g/mol. The Kier molecular flexibility index (Phi) is 2.86. The predicted molar refractivity (Wildman–Crippen MR) is 84.5 cm³/mol. The average Bonchev–Trinajstić information content (AvgIpc) is 3.25. The Hall–Kier alpha value is -2.07. The largest absolute Gasteiger partial charge is 0.399 e. The van der Waals surface area contributed by atoms with Crippen LogP contribution < -0.4 is 5.73 Å². The van der Waals surface area contributed by atoms with Crippen molar-refractivity contribution in [3.05, 3.63) is 52.9 Å². The lowest BCUT2D eigenvalue weighted by atomic mass is 10.2. The molecule has 1 saturated carbocycles. The van der Waals surface area contributed by atoms with Crippen molar-refractivity contribution in [3.63, 3.8) is 0 Å². The molecule has 1 aliphatic carbocycles. The van der Waals surface area contributed by atoms with Crippen LogP contribution in [0.15, 0.2) is 36.5 Å². The molecule has 2 N–H and O–H groups in total. The molecule has 2 aromatic heterocycles. The summed E-state index contributed by atoms with van der Waals surface area (Å²) in [6, 6.07) is 9.84. The van der Waals surface area contributed by atoms with Crippen molar-refractivity contribution in [2.24, 2.45) is 0 Å². The Balaban J connectivity index is 1.81. The van der Waals surface area contributed by atoms with Gasteiger partial charge in [-0.1, -0.05) is 23.7 Å². The van der Waals surface area contributed by atoms with E-state index < -0.39 is 0 Å². The third-order valence-electron chi connectivity index (χ3n) is 3.84. The van der Waals surface area contributed by atoms with Gasteiger partial charge < -0.3 is 10.3 Å². The molecule has 0 atom stereocenters. The normalized spacial score (nSPS) is 14.7. The molecule has 0 spiro atoms. The van der Waals surface area contributed by atoms with Gasteiger partial charge in [0, 0.05) is 17.8 Å². The van der Waals surface area contributed by atoms with Crippen LogP contribution >= 0.6 is 11.6 Å². The van der Waals surface area contributed by atoms with Gasteiger partial charge in [0.05, 0.1) is 11.6 Å². The van der Waals surface area contributed by atoms with Crippen LogP contribution in [0.5, 0.6) is 0 Å². The van der Waals surface area contributed by atoms with E-state index in [1.165, 1.54) is 18.4 Å². The molecule has 0 saturated heterocycles. The molecule has 5 heteroatoms. The number of pyridine rings is 1. The Morgan fingerprint density at radius 1 is 1.24 bits per heavy atom. The molecule has 3 aromatic rings. The van der Waals surface area contributed by atoms with E-state index in [0.29, 0.717) is 10.9 Å². The Morgan fingerprint density at radius 3 is 2.71 bits per heavy atom. The fraction of sp³-hybridized carbons (Fsp3) is 0.250. The lowest BCUT2D eigenvalue weighted by molar-refractivity contribution is 0.740. The van der Waals surface area contributed by atoms with Crippen LogP contribution in [-0.4, -0.2) is 14.5 Å². The molecule has 21 heavy (non-hydrogen) atoms. The Morgan fingerprint density at radius 2 is 2.00 bits per heavy atom. The van der Waals surface area contributed by atoms with Crippen LogP contribution in [0.1, 0.15) is 30.1 Å². The molecule has 0 unspecified atom stereocenters. The van der Waals surface area contributed by atoms with E-state index in [1.54, 1.807) is 6.20 Å². The lowest BCUT2D eigenvalue weighted by Gasteiger charge is -2.08. The summed E-state index contributed by atoms with van der Waals surface area (Å²) in [7, 11) is 0. The van der Waals surface area contributed by atoms with Gasteiger partial charge in [-0.2, -0.15) is 0 Å². The molecule has 1 aromatic carbocycles. The number of imidazole rings is 1. The number of halogens is 1. The van der Waals surface area contributed by atoms with E-state index in [9.17, 15) is 0 Å². The Labute approximate surface area is 127 Å². The SMILES string of the molecule is Nc1ccc(Cn2c(C3CC3)nc3cc(Cl)cnc32)cc1. The number of aromatic nitrogens is 3. The molecule has 0 amide bonds. The van der Waals surface area contributed by atoms with Crippen molar-refractivity contribution in [1.29, 1.82) is 0 Å². The first-order chi connectivity index (χ1) is 10.2. The van der Waals surface area contributed by atoms with Crippen molar-refractivity contribution < 1.29 is 0 Å². The number of rotatable bonds is 3. The van der Waals surface area contributed by atoms with Gasteiger partial charge >= 0.3 is 0 Å². The number of hydrogen-bond donors (Lipinski definition) is 1. The van der Waals surface area contributed by atoms with E-state index in [1.807, 2.05) is 30.3 Å². The second kappa shape index (κ2) is 4.74. The van der Waals surface area contributed by atoms with Crippen molar-refractivity contribution in [2.75, 3.05) is 5.73 Å². The zero-order valence-corrected chi connectivity index (χ0v) is 12.2. The fourth-order valence-corrected chi connectivity index (χ4v) is 2.77. The number of nitrogens with two attached hydrogens (primary N) is 1. The second-order valence-electron chi connectivity index (χ2n) is 5.57. The minimum atomic E-state index is 0.562. The highest BCUT2D eigenvalue weighted by atomic mass is 35.5. The van der Waals surface area contributed by atoms with Crippen LogP contribution in [-0.2, 0) is 6.54 Å². The van der Waals surface area contributed by atoms with Crippen molar-refractivity contribution in [2.45, 2.75) is 25.3 Å². The number of nitrogen functional groups attached to an aromatic ring is 1. The Bertz CT molecular complexity index is 803. The second-order valence-corrected chi connectivity index (χ2v) is 6.00. The maximum Gasteiger partial charge on any atom is 0.160 e. The van der Waals surface area contributed by atoms with Gasteiger partial charge in [0.15, 0.2) is 5.65 Å². The quantitative estimate of drug-likeness (QED) is 0.752. The third kappa shape index (κ3) is 2.36. The van der Waals surface area contributed by atoms with Gasteiger partial charge in [0.2, 0.25) is 0 Å².